The first-order chi connectivity index (χ1) is 17.3. The summed E-state index contributed by atoms with van der Waals surface area (Å²) < 4.78 is 27.8. The van der Waals surface area contributed by atoms with Gasteiger partial charge in [-0.3, -0.25) is 14.8 Å². The molecule has 0 saturated carbocycles. The minimum absolute atomic E-state index is 0.301. The maximum absolute atomic E-state index is 5.71. The molecule has 0 spiro atoms. The number of rotatable bonds is 21. The van der Waals surface area contributed by atoms with E-state index in [0.717, 1.165) is 52.4 Å². The van der Waals surface area contributed by atoms with Crippen molar-refractivity contribution in [2.75, 3.05) is 105 Å². The zero-order valence-corrected chi connectivity index (χ0v) is 23.6. The molecule has 2 N–H and O–H groups in total. The van der Waals surface area contributed by atoms with Gasteiger partial charge in [0.2, 0.25) is 0 Å². The first-order valence-electron chi connectivity index (χ1n) is 13.4. The van der Waals surface area contributed by atoms with E-state index >= 15 is 0 Å². The van der Waals surface area contributed by atoms with Gasteiger partial charge in [0.25, 0.3) is 0 Å². The van der Waals surface area contributed by atoms with Gasteiger partial charge < -0.3 is 29.5 Å². The third-order valence-corrected chi connectivity index (χ3v) is 5.82. The molecule has 10 heteroatoms. The molecule has 0 radical (unpaired) electrons. The zero-order chi connectivity index (χ0) is 26.5. The van der Waals surface area contributed by atoms with Crippen LogP contribution in [0.3, 0.4) is 0 Å². The molecule has 1 aliphatic heterocycles. The summed E-state index contributed by atoms with van der Waals surface area (Å²) in [6.07, 6.45) is 2.69. The molecule has 0 aliphatic carbocycles. The van der Waals surface area contributed by atoms with E-state index in [1.165, 1.54) is 0 Å². The molecule has 0 unspecified atom stereocenters. The van der Waals surface area contributed by atoms with Crippen molar-refractivity contribution in [2.45, 2.75) is 47.1 Å². The number of nitrogens with two attached hydrogens (primary N) is 1. The Labute approximate surface area is 219 Å². The second kappa shape index (κ2) is 20.9. The van der Waals surface area contributed by atoms with Gasteiger partial charge in [0.15, 0.2) is 0 Å². The highest BCUT2D eigenvalue weighted by Gasteiger charge is 2.18. The Morgan fingerprint density at radius 3 is 1.92 bits per heavy atom. The topological polar surface area (TPSA) is 103 Å². The summed E-state index contributed by atoms with van der Waals surface area (Å²) in [6.45, 7) is 22.8. The van der Waals surface area contributed by atoms with E-state index < -0.39 is 0 Å². The largest absolute Gasteiger partial charge is 0.379 e. The summed E-state index contributed by atoms with van der Waals surface area (Å²) in [5.41, 5.74) is 0.895. The van der Waals surface area contributed by atoms with Gasteiger partial charge in [-0.25, -0.2) is 0 Å². The lowest BCUT2D eigenvalue weighted by Gasteiger charge is -2.36. The minimum Gasteiger partial charge on any atom is -0.379 e. The van der Waals surface area contributed by atoms with E-state index in [1.54, 1.807) is 6.21 Å². The standard InChI is InChI=1S/C26H53N5O5/c1-24(2)31-10-8-30(9-11-31)12-15-33-14-7-28-22-25(29-27)23-36-21-20-35-19-18-34-17-16-32-13-6-26(3,4)5/h22,24H,6-21,23,27H2,1-5H3/b28-22?,29-25+. The fourth-order valence-corrected chi connectivity index (χ4v) is 3.41. The second-order valence-electron chi connectivity index (χ2n) is 10.4. The molecule has 36 heavy (non-hydrogen) atoms. The average molecular weight is 516 g/mol. The lowest BCUT2D eigenvalue weighted by Crippen LogP contribution is -2.49. The number of nitrogens with zero attached hydrogens (tertiary/aromatic N) is 4. The van der Waals surface area contributed by atoms with E-state index in [0.29, 0.717) is 76.6 Å². The molecule has 1 aliphatic rings. The normalized spacial score (nSPS) is 16.6. The van der Waals surface area contributed by atoms with Crippen LogP contribution in [0.5, 0.6) is 0 Å². The molecule has 1 heterocycles. The Balaban J connectivity index is 1.88. The molecule has 0 amide bonds. The molecule has 0 atom stereocenters. The molecule has 212 valence electrons. The monoisotopic (exact) mass is 515 g/mol. The van der Waals surface area contributed by atoms with Crippen LogP contribution in [0.2, 0.25) is 0 Å². The van der Waals surface area contributed by atoms with Gasteiger partial charge in [0, 0.05) is 51.6 Å². The number of hydrazone groups is 1. The van der Waals surface area contributed by atoms with Crippen LogP contribution in [0.4, 0.5) is 0 Å². The van der Waals surface area contributed by atoms with Gasteiger partial charge in [-0.1, -0.05) is 20.8 Å². The zero-order valence-electron chi connectivity index (χ0n) is 23.6. The molecular formula is C26H53N5O5. The molecule has 0 aromatic heterocycles. The lowest BCUT2D eigenvalue weighted by molar-refractivity contribution is -0.000828. The molecule has 10 nitrogen and oxygen atoms in total. The van der Waals surface area contributed by atoms with Crippen molar-refractivity contribution in [3.05, 3.63) is 0 Å². The van der Waals surface area contributed by atoms with E-state index in [-0.39, 0.29) is 0 Å². The van der Waals surface area contributed by atoms with Crippen molar-refractivity contribution in [1.82, 2.24) is 9.80 Å². The van der Waals surface area contributed by atoms with E-state index in [9.17, 15) is 0 Å². The number of hydrogen-bond donors (Lipinski definition) is 1. The molecule has 0 bridgehead atoms. The van der Waals surface area contributed by atoms with Crippen LogP contribution in [-0.4, -0.2) is 133 Å². The summed E-state index contributed by atoms with van der Waals surface area (Å²) in [5.74, 6) is 5.43. The molecule has 1 fully saturated rings. The smallest absolute Gasteiger partial charge is 0.103 e. The van der Waals surface area contributed by atoms with Crippen LogP contribution < -0.4 is 5.84 Å². The maximum Gasteiger partial charge on any atom is 0.103 e. The van der Waals surface area contributed by atoms with Crippen LogP contribution >= 0.6 is 0 Å². The van der Waals surface area contributed by atoms with Crippen LogP contribution in [-0.2, 0) is 23.7 Å². The highest BCUT2D eigenvalue weighted by atomic mass is 16.6. The third kappa shape index (κ3) is 19.0. The fraction of sp³-hybridized carbons (Fsp3) is 0.923. The van der Waals surface area contributed by atoms with Gasteiger partial charge in [-0.05, 0) is 25.7 Å². The summed E-state index contributed by atoms with van der Waals surface area (Å²) in [6, 6.07) is 0.631. The van der Waals surface area contributed by atoms with Crippen LogP contribution in [0.25, 0.3) is 0 Å². The van der Waals surface area contributed by atoms with Gasteiger partial charge in [0.05, 0.1) is 66.0 Å². The molecule has 0 aromatic rings. The SMILES string of the molecule is CC(C)N1CCN(CCOCCN=C/C(COCCOCCOCCOCCC(C)(C)C)=N\N)CC1. The first kappa shape index (κ1) is 32.9. The Bertz CT molecular complexity index is 576. The predicted molar refractivity (Wildman–Crippen MR) is 146 cm³/mol. The van der Waals surface area contributed by atoms with Gasteiger partial charge >= 0.3 is 0 Å². The maximum atomic E-state index is 5.71. The van der Waals surface area contributed by atoms with Gasteiger partial charge in [-0.2, -0.15) is 5.10 Å². The highest BCUT2D eigenvalue weighted by molar-refractivity contribution is 6.31. The van der Waals surface area contributed by atoms with Crippen molar-refractivity contribution >= 4 is 11.9 Å². The predicted octanol–water partition coefficient (Wildman–Crippen LogP) is 1.92. The van der Waals surface area contributed by atoms with E-state index in [1.807, 2.05) is 0 Å². The molecular weight excluding hydrogens is 462 g/mol. The second-order valence-corrected chi connectivity index (χ2v) is 10.4. The van der Waals surface area contributed by atoms with Crippen LogP contribution in [0.1, 0.15) is 41.0 Å². The first-order valence-corrected chi connectivity index (χ1v) is 13.4. The highest BCUT2D eigenvalue weighted by Crippen LogP contribution is 2.17. The average Bonchev–Trinajstić information content (AvgIpc) is 2.84. The number of ether oxygens (including phenoxy) is 5. The third-order valence-electron chi connectivity index (χ3n) is 5.82. The van der Waals surface area contributed by atoms with Crippen molar-refractivity contribution in [3.63, 3.8) is 0 Å². The summed E-state index contributed by atoms with van der Waals surface area (Å²) in [7, 11) is 0. The molecule has 1 saturated heterocycles. The Morgan fingerprint density at radius 2 is 1.36 bits per heavy atom. The summed E-state index contributed by atoms with van der Waals surface area (Å²) in [5, 5.41) is 3.72. The van der Waals surface area contributed by atoms with Gasteiger partial charge in [0.1, 0.15) is 5.71 Å². The fourth-order valence-electron chi connectivity index (χ4n) is 3.41. The van der Waals surface area contributed by atoms with E-state index in [2.05, 4.69) is 54.5 Å². The van der Waals surface area contributed by atoms with Crippen molar-refractivity contribution in [2.24, 2.45) is 21.4 Å². The Hall–Kier alpha value is -1.14. The van der Waals surface area contributed by atoms with E-state index in [4.69, 9.17) is 29.5 Å². The summed E-state index contributed by atoms with van der Waals surface area (Å²) >= 11 is 0. The van der Waals surface area contributed by atoms with Crippen molar-refractivity contribution in [1.29, 1.82) is 0 Å². The number of aliphatic imine (C=N–C) groups is 1. The van der Waals surface area contributed by atoms with Gasteiger partial charge in [-0.15, -0.1) is 0 Å². The number of piperazine rings is 1. The summed E-state index contributed by atoms with van der Waals surface area (Å²) in [4.78, 5) is 9.30. The quantitative estimate of drug-likeness (QED) is 0.107. The lowest BCUT2D eigenvalue weighted by atomic mass is 9.93. The van der Waals surface area contributed by atoms with Crippen LogP contribution in [0.15, 0.2) is 10.1 Å². The van der Waals surface area contributed by atoms with Crippen LogP contribution in [0, 0.1) is 5.41 Å². The van der Waals surface area contributed by atoms with Crippen molar-refractivity contribution in [3.8, 4) is 0 Å². The number of hydrogen-bond acceptors (Lipinski definition) is 10. The molecule has 1 rings (SSSR count). The molecule has 0 aromatic carbocycles. The Kier molecular flexibility index (Phi) is 19.1. The minimum atomic E-state index is 0.301. The Morgan fingerprint density at radius 1 is 0.806 bits per heavy atom. The van der Waals surface area contributed by atoms with Crippen molar-refractivity contribution < 1.29 is 23.7 Å².